The number of hydrogen-bond donors (Lipinski definition) is 4. The summed E-state index contributed by atoms with van der Waals surface area (Å²) in [5, 5.41) is 7.91. The van der Waals surface area contributed by atoms with E-state index >= 15 is 0 Å². The highest BCUT2D eigenvalue weighted by molar-refractivity contribution is 5.99. The van der Waals surface area contributed by atoms with Crippen LogP contribution in [0.1, 0.15) is 32.6 Å². The first-order valence-corrected chi connectivity index (χ1v) is 8.54. The van der Waals surface area contributed by atoms with Gasteiger partial charge in [-0.3, -0.25) is 9.59 Å². The zero-order chi connectivity index (χ0) is 20.0. The summed E-state index contributed by atoms with van der Waals surface area (Å²) in [5.41, 5.74) is 10.1. The number of amides is 4. The van der Waals surface area contributed by atoms with Gasteiger partial charge in [-0.05, 0) is 49.6 Å². The second-order valence-electron chi connectivity index (χ2n) is 6.42. The number of anilines is 1. The Morgan fingerprint density at radius 2 is 1.52 bits per heavy atom. The lowest BCUT2D eigenvalue weighted by atomic mass is 10.1. The lowest BCUT2D eigenvalue weighted by Crippen LogP contribution is -2.33. The number of nitrogens with one attached hydrogen (secondary N) is 3. The second kappa shape index (κ2) is 8.84. The molecular formula is C20H24N4O3. The standard InChI is InChI=1S/C20H24N4O3/c1-12-8-13(2)18(14(3)9-12)24-17(25)11-22-19(26)16-6-4-15(5-7-16)10-23-20(21)27/h4-9H,10-11H2,1-3H3,(H,22,26)(H,24,25)(H3,21,23,27). The molecule has 0 bridgehead atoms. The lowest BCUT2D eigenvalue weighted by molar-refractivity contribution is -0.115. The minimum Gasteiger partial charge on any atom is -0.352 e. The third-order valence-electron chi connectivity index (χ3n) is 4.03. The second-order valence-corrected chi connectivity index (χ2v) is 6.42. The lowest BCUT2D eigenvalue weighted by Gasteiger charge is -2.13. The molecule has 0 aliphatic rings. The number of aryl methyl sites for hydroxylation is 3. The molecule has 0 radical (unpaired) electrons. The highest BCUT2D eigenvalue weighted by Gasteiger charge is 2.11. The molecule has 0 aliphatic heterocycles. The van der Waals surface area contributed by atoms with Gasteiger partial charge in [0.05, 0.1) is 6.54 Å². The molecule has 0 fully saturated rings. The van der Waals surface area contributed by atoms with Crippen molar-refractivity contribution in [2.24, 2.45) is 5.73 Å². The van der Waals surface area contributed by atoms with Gasteiger partial charge in [0, 0.05) is 17.8 Å². The zero-order valence-electron chi connectivity index (χ0n) is 15.7. The van der Waals surface area contributed by atoms with Crippen LogP contribution in [0.3, 0.4) is 0 Å². The number of hydrogen-bond acceptors (Lipinski definition) is 3. The van der Waals surface area contributed by atoms with Crippen LogP contribution in [0.5, 0.6) is 0 Å². The molecule has 0 saturated carbocycles. The van der Waals surface area contributed by atoms with E-state index in [0.29, 0.717) is 5.56 Å². The molecule has 0 atom stereocenters. The van der Waals surface area contributed by atoms with Gasteiger partial charge < -0.3 is 21.7 Å². The van der Waals surface area contributed by atoms with Crippen LogP contribution in [0.4, 0.5) is 10.5 Å². The van der Waals surface area contributed by atoms with Crippen molar-refractivity contribution in [2.75, 3.05) is 11.9 Å². The van der Waals surface area contributed by atoms with E-state index in [4.69, 9.17) is 5.73 Å². The van der Waals surface area contributed by atoms with Crippen molar-refractivity contribution in [1.29, 1.82) is 0 Å². The summed E-state index contributed by atoms with van der Waals surface area (Å²) in [6.45, 7) is 6.03. The summed E-state index contributed by atoms with van der Waals surface area (Å²) in [5.74, 6) is -0.641. The molecule has 2 aromatic rings. The molecule has 142 valence electrons. The average molecular weight is 368 g/mol. The fourth-order valence-electron chi connectivity index (χ4n) is 2.79. The molecule has 2 rings (SSSR count). The van der Waals surface area contributed by atoms with Crippen molar-refractivity contribution in [1.82, 2.24) is 10.6 Å². The predicted octanol–water partition coefficient (Wildman–Crippen LogP) is 2.15. The Morgan fingerprint density at radius 1 is 0.926 bits per heavy atom. The van der Waals surface area contributed by atoms with Gasteiger partial charge in [-0.1, -0.05) is 29.8 Å². The Kier molecular flexibility index (Phi) is 6.54. The highest BCUT2D eigenvalue weighted by Crippen LogP contribution is 2.21. The number of carbonyl (C=O) groups is 3. The number of urea groups is 1. The Balaban J connectivity index is 1.89. The molecule has 5 N–H and O–H groups in total. The minimum atomic E-state index is -0.609. The number of rotatable bonds is 6. The summed E-state index contributed by atoms with van der Waals surface area (Å²) < 4.78 is 0. The van der Waals surface area contributed by atoms with Crippen LogP contribution in [0.15, 0.2) is 36.4 Å². The molecule has 0 spiro atoms. The summed E-state index contributed by atoms with van der Waals surface area (Å²) >= 11 is 0. The third kappa shape index (κ3) is 5.85. The van der Waals surface area contributed by atoms with Crippen LogP contribution in [-0.4, -0.2) is 24.4 Å². The number of primary amides is 1. The Labute approximate surface area is 158 Å². The normalized spacial score (nSPS) is 10.2. The number of benzene rings is 2. The fourth-order valence-corrected chi connectivity index (χ4v) is 2.79. The van der Waals surface area contributed by atoms with Gasteiger partial charge in [-0.2, -0.15) is 0 Å². The topological polar surface area (TPSA) is 113 Å². The first-order valence-electron chi connectivity index (χ1n) is 8.54. The van der Waals surface area contributed by atoms with Crippen LogP contribution in [0.25, 0.3) is 0 Å². The molecule has 0 saturated heterocycles. The first-order chi connectivity index (χ1) is 12.8. The van der Waals surface area contributed by atoms with Crippen LogP contribution < -0.4 is 21.7 Å². The van der Waals surface area contributed by atoms with Gasteiger partial charge in [0.1, 0.15) is 0 Å². The number of nitrogens with two attached hydrogens (primary N) is 1. The van der Waals surface area contributed by atoms with E-state index in [2.05, 4.69) is 16.0 Å². The van der Waals surface area contributed by atoms with E-state index in [1.807, 2.05) is 32.9 Å². The van der Waals surface area contributed by atoms with Crippen molar-refractivity contribution >= 4 is 23.5 Å². The van der Waals surface area contributed by atoms with Crippen molar-refractivity contribution in [3.8, 4) is 0 Å². The fraction of sp³-hybridized carbons (Fsp3) is 0.250. The molecule has 27 heavy (non-hydrogen) atoms. The van der Waals surface area contributed by atoms with E-state index in [0.717, 1.165) is 27.9 Å². The molecule has 7 nitrogen and oxygen atoms in total. The van der Waals surface area contributed by atoms with Crippen LogP contribution in [0.2, 0.25) is 0 Å². The Hall–Kier alpha value is -3.35. The molecule has 0 unspecified atom stereocenters. The van der Waals surface area contributed by atoms with Gasteiger partial charge in [-0.15, -0.1) is 0 Å². The summed E-state index contributed by atoms with van der Waals surface area (Å²) in [7, 11) is 0. The maximum absolute atomic E-state index is 12.2. The molecule has 7 heteroatoms. The smallest absolute Gasteiger partial charge is 0.312 e. The maximum Gasteiger partial charge on any atom is 0.312 e. The number of carbonyl (C=O) groups excluding carboxylic acids is 3. The zero-order valence-corrected chi connectivity index (χ0v) is 15.7. The van der Waals surface area contributed by atoms with E-state index in [-0.39, 0.29) is 24.9 Å². The maximum atomic E-state index is 12.2. The van der Waals surface area contributed by atoms with E-state index in [1.165, 1.54) is 0 Å². The van der Waals surface area contributed by atoms with E-state index < -0.39 is 6.03 Å². The van der Waals surface area contributed by atoms with Crippen LogP contribution in [-0.2, 0) is 11.3 Å². The summed E-state index contributed by atoms with van der Waals surface area (Å²) in [6, 6.07) is 10.1. The van der Waals surface area contributed by atoms with Crippen LogP contribution >= 0.6 is 0 Å². The van der Waals surface area contributed by atoms with Crippen LogP contribution in [0, 0.1) is 20.8 Å². The van der Waals surface area contributed by atoms with Gasteiger partial charge in [0.25, 0.3) is 5.91 Å². The van der Waals surface area contributed by atoms with Gasteiger partial charge in [0.2, 0.25) is 5.91 Å². The molecule has 2 aromatic carbocycles. The quantitative estimate of drug-likeness (QED) is 0.626. The third-order valence-corrected chi connectivity index (χ3v) is 4.03. The predicted molar refractivity (Wildman–Crippen MR) is 104 cm³/mol. The van der Waals surface area contributed by atoms with Crippen molar-refractivity contribution in [3.05, 3.63) is 64.2 Å². The monoisotopic (exact) mass is 368 g/mol. The van der Waals surface area contributed by atoms with E-state index in [1.54, 1.807) is 24.3 Å². The average Bonchev–Trinajstić information content (AvgIpc) is 2.61. The highest BCUT2D eigenvalue weighted by atomic mass is 16.2. The molecule has 0 aromatic heterocycles. The van der Waals surface area contributed by atoms with Gasteiger partial charge in [-0.25, -0.2) is 4.79 Å². The molecule has 0 aliphatic carbocycles. The summed E-state index contributed by atoms with van der Waals surface area (Å²) in [4.78, 5) is 35.0. The first kappa shape index (κ1) is 20.0. The van der Waals surface area contributed by atoms with Crippen molar-refractivity contribution in [2.45, 2.75) is 27.3 Å². The largest absolute Gasteiger partial charge is 0.352 e. The molecule has 0 heterocycles. The molecular weight excluding hydrogens is 344 g/mol. The SMILES string of the molecule is Cc1cc(C)c(NC(=O)CNC(=O)c2ccc(CNC(N)=O)cc2)c(C)c1. The molecule has 4 amide bonds. The minimum absolute atomic E-state index is 0.128. The Morgan fingerprint density at radius 3 is 2.07 bits per heavy atom. The van der Waals surface area contributed by atoms with Gasteiger partial charge >= 0.3 is 6.03 Å². The van der Waals surface area contributed by atoms with Crippen molar-refractivity contribution in [3.63, 3.8) is 0 Å². The Bertz CT molecular complexity index is 837. The van der Waals surface area contributed by atoms with Crippen molar-refractivity contribution < 1.29 is 14.4 Å². The summed E-state index contributed by atoms with van der Waals surface area (Å²) in [6.07, 6.45) is 0. The van der Waals surface area contributed by atoms with Gasteiger partial charge in [0.15, 0.2) is 0 Å². The van der Waals surface area contributed by atoms with E-state index in [9.17, 15) is 14.4 Å².